The molecule has 0 aliphatic carbocycles. The van der Waals surface area contributed by atoms with Crippen molar-refractivity contribution in [2.45, 2.75) is 6.92 Å². The molecule has 0 bridgehead atoms. The van der Waals surface area contributed by atoms with Crippen molar-refractivity contribution >= 4 is 21.7 Å². The summed E-state index contributed by atoms with van der Waals surface area (Å²) in [5.74, 6) is 1.03. The Kier molecular flexibility index (Phi) is 6.26. The second-order valence-corrected chi connectivity index (χ2v) is 6.01. The zero-order chi connectivity index (χ0) is 15.0. The van der Waals surface area contributed by atoms with Gasteiger partial charge in [-0.1, -0.05) is 0 Å². The van der Waals surface area contributed by atoms with Crippen LogP contribution in [0.25, 0.3) is 0 Å². The minimum absolute atomic E-state index is 0.0519. The summed E-state index contributed by atoms with van der Waals surface area (Å²) in [6.45, 7) is 2.07. The van der Waals surface area contributed by atoms with Gasteiger partial charge in [0.05, 0.1) is 19.4 Å². The first-order valence-electron chi connectivity index (χ1n) is 6.15. The van der Waals surface area contributed by atoms with Crippen molar-refractivity contribution in [1.29, 1.82) is 0 Å². The quantitative estimate of drug-likeness (QED) is 0.383. The number of nitrogens with one attached hydrogen (secondary N) is 2. The molecule has 20 heavy (non-hydrogen) atoms. The Balaban J connectivity index is 2.41. The fourth-order valence-electron chi connectivity index (χ4n) is 1.34. The summed E-state index contributed by atoms with van der Waals surface area (Å²) < 4.78 is 29.8. The van der Waals surface area contributed by atoms with Gasteiger partial charge in [-0.2, -0.15) is 0 Å². The van der Waals surface area contributed by atoms with Gasteiger partial charge in [0.1, 0.15) is 5.75 Å². The maximum absolute atomic E-state index is 11.2. The van der Waals surface area contributed by atoms with E-state index in [4.69, 9.17) is 10.5 Å². The summed E-state index contributed by atoms with van der Waals surface area (Å²) in [4.78, 5) is 4.02. The fraction of sp³-hybridized carbons (Fsp3) is 0.417. The zero-order valence-electron chi connectivity index (χ0n) is 11.6. The van der Waals surface area contributed by atoms with E-state index in [9.17, 15) is 8.42 Å². The highest BCUT2D eigenvalue weighted by Gasteiger charge is 2.04. The third-order valence-corrected chi connectivity index (χ3v) is 3.86. The van der Waals surface area contributed by atoms with E-state index in [2.05, 4.69) is 15.0 Å². The number of hydrogen-bond acceptors (Lipinski definition) is 4. The van der Waals surface area contributed by atoms with Crippen LogP contribution < -0.4 is 20.5 Å². The lowest BCUT2D eigenvalue weighted by Crippen LogP contribution is -2.29. The van der Waals surface area contributed by atoms with Crippen LogP contribution in [0.5, 0.6) is 5.75 Å². The van der Waals surface area contributed by atoms with Crippen molar-refractivity contribution < 1.29 is 13.2 Å². The molecule has 0 radical (unpaired) electrons. The van der Waals surface area contributed by atoms with Gasteiger partial charge in [-0.3, -0.25) is 4.99 Å². The van der Waals surface area contributed by atoms with E-state index in [-0.39, 0.29) is 24.8 Å². The molecule has 0 unspecified atom stereocenters. The summed E-state index contributed by atoms with van der Waals surface area (Å²) in [5, 5.41) is 2.90. The van der Waals surface area contributed by atoms with Gasteiger partial charge in [0.25, 0.3) is 0 Å². The lowest BCUT2D eigenvalue weighted by molar-refractivity contribution is 0.415. The molecule has 8 heteroatoms. The van der Waals surface area contributed by atoms with Crippen molar-refractivity contribution in [3.8, 4) is 5.75 Å². The Labute approximate surface area is 119 Å². The van der Waals surface area contributed by atoms with Crippen molar-refractivity contribution in [1.82, 2.24) is 4.72 Å². The second kappa shape index (κ2) is 7.71. The Morgan fingerprint density at radius 3 is 2.55 bits per heavy atom. The van der Waals surface area contributed by atoms with E-state index >= 15 is 0 Å². The molecule has 0 saturated heterocycles. The summed E-state index contributed by atoms with van der Waals surface area (Å²) >= 11 is 0. The lowest BCUT2D eigenvalue weighted by atomic mass is 10.3. The Bertz CT molecular complexity index is 540. The van der Waals surface area contributed by atoms with E-state index < -0.39 is 10.0 Å². The van der Waals surface area contributed by atoms with Crippen LogP contribution in [-0.4, -0.2) is 40.3 Å². The number of methoxy groups -OCH3 is 1. The van der Waals surface area contributed by atoms with E-state index in [1.54, 1.807) is 38.3 Å². The number of benzene rings is 1. The molecular formula is C12H20N4O3S. The number of aliphatic imine (C=N–C) groups is 1. The van der Waals surface area contributed by atoms with Crippen LogP contribution in [0.1, 0.15) is 6.92 Å². The minimum Gasteiger partial charge on any atom is -0.497 e. The van der Waals surface area contributed by atoms with Gasteiger partial charge in [0, 0.05) is 12.2 Å². The van der Waals surface area contributed by atoms with Gasteiger partial charge in [-0.15, -0.1) is 0 Å². The molecule has 0 saturated carbocycles. The minimum atomic E-state index is -3.18. The molecule has 0 spiro atoms. The molecule has 0 fully saturated rings. The number of guanidine groups is 1. The maximum Gasteiger partial charge on any atom is 0.211 e. The topological polar surface area (TPSA) is 106 Å². The maximum atomic E-state index is 11.2. The molecule has 0 heterocycles. The highest BCUT2D eigenvalue weighted by atomic mass is 32.2. The van der Waals surface area contributed by atoms with Gasteiger partial charge in [0.2, 0.25) is 10.0 Å². The van der Waals surface area contributed by atoms with Crippen molar-refractivity contribution in [3.63, 3.8) is 0 Å². The number of anilines is 1. The monoisotopic (exact) mass is 300 g/mol. The highest BCUT2D eigenvalue weighted by Crippen LogP contribution is 2.14. The third kappa shape index (κ3) is 5.89. The number of nitrogens with zero attached hydrogens (tertiary/aromatic N) is 1. The average Bonchev–Trinajstić information content (AvgIpc) is 2.44. The Morgan fingerprint density at radius 1 is 1.35 bits per heavy atom. The summed E-state index contributed by atoms with van der Waals surface area (Å²) in [5.41, 5.74) is 6.47. The van der Waals surface area contributed by atoms with Crippen molar-refractivity contribution in [2.75, 3.05) is 31.3 Å². The molecule has 4 N–H and O–H groups in total. The van der Waals surface area contributed by atoms with Crippen LogP contribution in [0.3, 0.4) is 0 Å². The van der Waals surface area contributed by atoms with E-state index in [1.807, 2.05) is 0 Å². The standard InChI is InChI=1S/C12H20N4O3S/c1-3-20(17,18)15-9-8-14-12(13)16-10-4-6-11(19-2)7-5-10/h4-7,15H,3,8-9H2,1-2H3,(H3,13,14,16). The molecule has 0 aliphatic rings. The van der Waals surface area contributed by atoms with Crippen LogP contribution in [0.15, 0.2) is 29.3 Å². The lowest BCUT2D eigenvalue weighted by Gasteiger charge is -2.07. The van der Waals surface area contributed by atoms with Crippen molar-refractivity contribution in [3.05, 3.63) is 24.3 Å². The summed E-state index contributed by atoms with van der Waals surface area (Å²) in [6, 6.07) is 7.21. The molecule has 1 rings (SSSR count). The van der Waals surface area contributed by atoms with Crippen LogP contribution in [-0.2, 0) is 10.0 Å². The molecule has 1 aromatic rings. The molecule has 0 atom stereocenters. The van der Waals surface area contributed by atoms with Gasteiger partial charge < -0.3 is 15.8 Å². The number of sulfonamides is 1. The molecule has 0 amide bonds. The molecule has 1 aromatic carbocycles. The smallest absolute Gasteiger partial charge is 0.211 e. The van der Waals surface area contributed by atoms with E-state index in [0.717, 1.165) is 11.4 Å². The van der Waals surface area contributed by atoms with Crippen LogP contribution in [0.2, 0.25) is 0 Å². The first kappa shape index (κ1) is 16.3. The Hall–Kier alpha value is -1.80. The second-order valence-electron chi connectivity index (χ2n) is 3.92. The SMILES string of the molecule is CCS(=O)(=O)NCCN=C(N)Nc1ccc(OC)cc1. The van der Waals surface area contributed by atoms with E-state index in [1.165, 1.54) is 0 Å². The van der Waals surface area contributed by atoms with Crippen LogP contribution in [0, 0.1) is 0 Å². The number of hydrogen-bond donors (Lipinski definition) is 3. The van der Waals surface area contributed by atoms with Crippen LogP contribution in [0.4, 0.5) is 5.69 Å². The normalized spacial score (nSPS) is 12.2. The highest BCUT2D eigenvalue weighted by molar-refractivity contribution is 7.89. The first-order valence-corrected chi connectivity index (χ1v) is 7.80. The fourth-order valence-corrected chi connectivity index (χ4v) is 1.95. The number of ether oxygens (including phenoxy) is 1. The molecule has 0 aromatic heterocycles. The van der Waals surface area contributed by atoms with Crippen molar-refractivity contribution in [2.24, 2.45) is 10.7 Å². The third-order valence-electron chi connectivity index (χ3n) is 2.46. The zero-order valence-corrected chi connectivity index (χ0v) is 12.4. The summed E-state index contributed by atoms with van der Waals surface area (Å²) in [7, 11) is -1.59. The van der Waals surface area contributed by atoms with Gasteiger partial charge in [-0.05, 0) is 31.2 Å². The number of nitrogens with two attached hydrogens (primary N) is 1. The summed E-state index contributed by atoms with van der Waals surface area (Å²) in [6.07, 6.45) is 0. The Morgan fingerprint density at radius 2 is 2.00 bits per heavy atom. The average molecular weight is 300 g/mol. The number of rotatable bonds is 7. The van der Waals surface area contributed by atoms with Gasteiger partial charge in [-0.25, -0.2) is 13.1 Å². The molecular weight excluding hydrogens is 280 g/mol. The van der Waals surface area contributed by atoms with Gasteiger partial charge in [0.15, 0.2) is 5.96 Å². The molecule has 112 valence electrons. The predicted molar refractivity (Wildman–Crippen MR) is 80.6 cm³/mol. The predicted octanol–water partition coefficient (Wildman–Crippen LogP) is 0.361. The molecule has 0 aliphatic heterocycles. The van der Waals surface area contributed by atoms with Crippen LogP contribution >= 0.6 is 0 Å². The van der Waals surface area contributed by atoms with Gasteiger partial charge >= 0.3 is 0 Å². The molecule has 7 nitrogen and oxygen atoms in total. The first-order chi connectivity index (χ1) is 9.46. The van der Waals surface area contributed by atoms with E-state index in [0.29, 0.717) is 0 Å². The largest absolute Gasteiger partial charge is 0.497 e.